The van der Waals surface area contributed by atoms with E-state index in [-0.39, 0.29) is 5.78 Å². The van der Waals surface area contributed by atoms with Gasteiger partial charge in [0.05, 0.1) is 7.05 Å². The van der Waals surface area contributed by atoms with Crippen molar-refractivity contribution in [3.8, 4) is 0 Å². The van der Waals surface area contributed by atoms with Crippen molar-refractivity contribution in [2.45, 2.75) is 6.54 Å². The van der Waals surface area contributed by atoms with Crippen molar-refractivity contribution in [1.29, 1.82) is 0 Å². The first-order valence-electron chi connectivity index (χ1n) is 6.56. The fraction of sp³-hybridized carbons (Fsp3) is 0.125. The van der Waals surface area contributed by atoms with E-state index in [9.17, 15) is 4.79 Å². The lowest BCUT2D eigenvalue weighted by molar-refractivity contribution is -0.642. The Bertz CT molecular complexity index is 747. The smallest absolute Gasteiger partial charge is 0.291 e. The van der Waals surface area contributed by atoms with Gasteiger partial charge in [-0.05, 0) is 12.1 Å². The molecule has 20 heavy (non-hydrogen) atoms. The summed E-state index contributed by atoms with van der Waals surface area (Å²) in [4.78, 5) is 15.6. The standard InChI is InChI=1S/C16H15N3O/c1-17-16-18-13-9-5-6-10-14(13)19(16)11-15(20)12-7-3-2-4-8-12/h2-10H,11H2,1H3,(H,17,18)/p+1. The maximum Gasteiger partial charge on any atom is 0.356 e. The molecule has 0 saturated carbocycles. The van der Waals surface area contributed by atoms with E-state index in [1.807, 2.05) is 66.2 Å². The van der Waals surface area contributed by atoms with E-state index in [0.29, 0.717) is 6.54 Å². The number of carbonyl (C=O) groups is 1. The maximum atomic E-state index is 12.4. The number of carbonyl (C=O) groups excluding carboxylic acids is 1. The molecule has 4 heteroatoms. The molecule has 0 atom stereocenters. The van der Waals surface area contributed by atoms with Crippen molar-refractivity contribution in [3.63, 3.8) is 0 Å². The molecular formula is C16H16N3O+. The Hall–Kier alpha value is -2.62. The van der Waals surface area contributed by atoms with E-state index < -0.39 is 0 Å². The number of nitrogens with zero attached hydrogens (tertiary/aromatic N) is 1. The van der Waals surface area contributed by atoms with Gasteiger partial charge in [0.2, 0.25) is 0 Å². The predicted octanol–water partition coefficient (Wildman–Crippen LogP) is 2.38. The molecule has 0 aliphatic rings. The van der Waals surface area contributed by atoms with Gasteiger partial charge in [0.15, 0.2) is 5.78 Å². The molecule has 0 aliphatic carbocycles. The van der Waals surface area contributed by atoms with E-state index in [4.69, 9.17) is 0 Å². The number of aromatic amines is 1. The third kappa shape index (κ3) is 2.16. The zero-order valence-corrected chi connectivity index (χ0v) is 11.3. The molecule has 3 rings (SSSR count). The third-order valence-electron chi connectivity index (χ3n) is 3.35. The topological polar surface area (TPSA) is 48.8 Å². The summed E-state index contributed by atoms with van der Waals surface area (Å²) in [6.45, 7) is 0.310. The minimum atomic E-state index is 0.0943. The van der Waals surface area contributed by atoms with Crippen molar-refractivity contribution in [3.05, 3.63) is 60.2 Å². The van der Waals surface area contributed by atoms with Gasteiger partial charge >= 0.3 is 5.95 Å². The highest BCUT2D eigenvalue weighted by molar-refractivity contribution is 5.95. The van der Waals surface area contributed by atoms with Gasteiger partial charge in [0.1, 0.15) is 17.6 Å². The Labute approximate surface area is 117 Å². The highest BCUT2D eigenvalue weighted by Crippen LogP contribution is 2.12. The van der Waals surface area contributed by atoms with Gasteiger partial charge in [-0.2, -0.15) is 0 Å². The molecule has 2 N–H and O–H groups in total. The van der Waals surface area contributed by atoms with E-state index in [0.717, 1.165) is 22.5 Å². The average molecular weight is 266 g/mol. The number of hydrogen-bond donors (Lipinski definition) is 2. The van der Waals surface area contributed by atoms with Gasteiger partial charge in [-0.1, -0.05) is 42.5 Å². The molecular weight excluding hydrogens is 250 g/mol. The molecule has 0 radical (unpaired) electrons. The van der Waals surface area contributed by atoms with E-state index in [1.54, 1.807) is 0 Å². The predicted molar refractivity (Wildman–Crippen MR) is 78.8 cm³/mol. The van der Waals surface area contributed by atoms with Crippen LogP contribution >= 0.6 is 0 Å². The number of ketones is 1. The zero-order valence-electron chi connectivity index (χ0n) is 11.3. The summed E-state index contributed by atoms with van der Waals surface area (Å²) in [5, 5.41) is 3.10. The van der Waals surface area contributed by atoms with Crippen LogP contribution in [0.4, 0.5) is 5.95 Å². The fourth-order valence-electron chi connectivity index (χ4n) is 2.35. The lowest BCUT2D eigenvalue weighted by Gasteiger charge is -2.02. The highest BCUT2D eigenvalue weighted by atomic mass is 16.1. The largest absolute Gasteiger partial charge is 0.356 e. The first-order valence-corrected chi connectivity index (χ1v) is 6.56. The number of hydrogen-bond acceptors (Lipinski definition) is 2. The normalized spacial score (nSPS) is 10.7. The quantitative estimate of drug-likeness (QED) is 0.562. The Balaban J connectivity index is 2.00. The van der Waals surface area contributed by atoms with E-state index in [1.165, 1.54) is 0 Å². The molecule has 1 aromatic heterocycles. The number of Topliss-reactive ketones (excluding diaryl/α,β-unsaturated/α-hetero) is 1. The second kappa shape index (κ2) is 5.17. The van der Waals surface area contributed by atoms with Gasteiger partial charge in [0, 0.05) is 5.56 Å². The summed E-state index contributed by atoms with van der Waals surface area (Å²) in [6.07, 6.45) is 0. The number of fused-ring (bicyclic) bond motifs is 1. The summed E-state index contributed by atoms with van der Waals surface area (Å²) in [5.41, 5.74) is 2.76. The summed E-state index contributed by atoms with van der Waals surface area (Å²) < 4.78 is 1.96. The minimum absolute atomic E-state index is 0.0943. The van der Waals surface area contributed by atoms with Crippen LogP contribution in [0.2, 0.25) is 0 Å². The van der Waals surface area contributed by atoms with Crippen LogP contribution in [0.25, 0.3) is 11.0 Å². The SMILES string of the molecule is CNc1[nH]c2ccccc2[n+]1CC(=O)c1ccccc1. The molecule has 4 nitrogen and oxygen atoms in total. The number of rotatable bonds is 4. The number of benzene rings is 2. The first kappa shape index (κ1) is 12.4. The van der Waals surface area contributed by atoms with Crippen LogP contribution in [0, 0.1) is 0 Å². The number of aromatic nitrogens is 2. The van der Waals surface area contributed by atoms with Gasteiger partial charge < -0.3 is 0 Å². The van der Waals surface area contributed by atoms with Crippen LogP contribution in [-0.4, -0.2) is 17.8 Å². The van der Waals surface area contributed by atoms with Crippen molar-refractivity contribution >= 4 is 22.8 Å². The van der Waals surface area contributed by atoms with Crippen LogP contribution < -0.4 is 9.88 Å². The molecule has 0 saturated heterocycles. The van der Waals surface area contributed by atoms with Gasteiger partial charge in [-0.25, -0.2) is 9.55 Å². The number of para-hydroxylation sites is 2. The molecule has 0 unspecified atom stereocenters. The van der Waals surface area contributed by atoms with Crippen LogP contribution in [0.5, 0.6) is 0 Å². The molecule has 0 fully saturated rings. The highest BCUT2D eigenvalue weighted by Gasteiger charge is 2.18. The van der Waals surface area contributed by atoms with Crippen LogP contribution in [0.1, 0.15) is 10.4 Å². The lowest BCUT2D eigenvalue weighted by atomic mass is 10.1. The lowest BCUT2D eigenvalue weighted by Crippen LogP contribution is -2.39. The maximum absolute atomic E-state index is 12.4. The van der Waals surface area contributed by atoms with Crippen molar-refractivity contribution < 1.29 is 9.36 Å². The molecule has 0 amide bonds. The molecule has 0 spiro atoms. The number of anilines is 1. The Kier molecular flexibility index (Phi) is 3.21. The Morgan fingerprint density at radius 1 is 1.10 bits per heavy atom. The number of imidazole rings is 1. The monoisotopic (exact) mass is 266 g/mol. The zero-order chi connectivity index (χ0) is 13.9. The third-order valence-corrected chi connectivity index (χ3v) is 3.35. The average Bonchev–Trinajstić information content (AvgIpc) is 2.86. The summed E-state index contributed by atoms with van der Waals surface area (Å²) in [7, 11) is 1.84. The Morgan fingerprint density at radius 3 is 2.55 bits per heavy atom. The molecule has 2 aromatic carbocycles. The second-order valence-electron chi connectivity index (χ2n) is 4.62. The molecule has 1 heterocycles. The van der Waals surface area contributed by atoms with Crippen molar-refractivity contribution in [2.24, 2.45) is 0 Å². The second-order valence-corrected chi connectivity index (χ2v) is 4.62. The minimum Gasteiger partial charge on any atom is -0.291 e. The number of H-pyrrole nitrogens is 1. The van der Waals surface area contributed by atoms with Crippen LogP contribution in [0.15, 0.2) is 54.6 Å². The summed E-state index contributed by atoms with van der Waals surface area (Å²) in [6, 6.07) is 17.3. The first-order chi connectivity index (χ1) is 9.79. The summed E-state index contributed by atoms with van der Waals surface area (Å²) in [5.74, 6) is 0.923. The number of nitrogens with one attached hydrogen (secondary N) is 2. The van der Waals surface area contributed by atoms with Gasteiger partial charge in [-0.15, -0.1) is 0 Å². The fourth-order valence-corrected chi connectivity index (χ4v) is 2.35. The van der Waals surface area contributed by atoms with E-state index in [2.05, 4.69) is 10.3 Å². The van der Waals surface area contributed by atoms with Crippen molar-refractivity contribution in [2.75, 3.05) is 12.4 Å². The van der Waals surface area contributed by atoms with Gasteiger partial charge in [0.25, 0.3) is 0 Å². The van der Waals surface area contributed by atoms with E-state index >= 15 is 0 Å². The van der Waals surface area contributed by atoms with Crippen LogP contribution in [-0.2, 0) is 6.54 Å². The Morgan fingerprint density at radius 2 is 1.80 bits per heavy atom. The van der Waals surface area contributed by atoms with Crippen molar-refractivity contribution in [1.82, 2.24) is 4.98 Å². The molecule has 0 aliphatic heterocycles. The molecule has 3 aromatic rings. The van der Waals surface area contributed by atoms with Crippen LogP contribution in [0.3, 0.4) is 0 Å². The molecule has 0 bridgehead atoms. The molecule has 100 valence electrons. The summed E-state index contributed by atoms with van der Waals surface area (Å²) >= 11 is 0. The van der Waals surface area contributed by atoms with Gasteiger partial charge in [-0.3, -0.25) is 10.1 Å².